The molecule has 0 fully saturated rings. The number of fused-ring (bicyclic) bond motifs is 1. The highest BCUT2D eigenvalue weighted by atomic mass is 32.2. The summed E-state index contributed by atoms with van der Waals surface area (Å²) in [6, 6.07) is 14.0. The van der Waals surface area contributed by atoms with Gasteiger partial charge in [-0.15, -0.1) is 4.72 Å². The van der Waals surface area contributed by atoms with E-state index in [1.807, 2.05) is 24.3 Å². The molecule has 0 bridgehead atoms. The zero-order valence-electron chi connectivity index (χ0n) is 18.8. The van der Waals surface area contributed by atoms with E-state index in [-0.39, 0.29) is 28.3 Å². The van der Waals surface area contributed by atoms with Crippen LogP contribution in [0.5, 0.6) is 0 Å². The first kappa shape index (κ1) is 25.0. The summed E-state index contributed by atoms with van der Waals surface area (Å²) < 4.78 is 41.9. The van der Waals surface area contributed by atoms with E-state index in [1.54, 1.807) is 39.0 Å². The van der Waals surface area contributed by atoms with Gasteiger partial charge in [-0.2, -0.15) is 0 Å². The highest BCUT2D eigenvalue weighted by Crippen LogP contribution is 2.39. The van der Waals surface area contributed by atoms with E-state index in [1.165, 1.54) is 12.1 Å². The van der Waals surface area contributed by atoms with Crippen LogP contribution in [0, 0.1) is 0 Å². The van der Waals surface area contributed by atoms with Gasteiger partial charge in [-0.25, -0.2) is 8.42 Å². The van der Waals surface area contributed by atoms with Crippen LogP contribution < -0.4 is 10.0 Å². The third kappa shape index (κ3) is 5.50. The average molecular weight is 489 g/mol. The van der Waals surface area contributed by atoms with Crippen LogP contribution in [0.2, 0.25) is 0 Å². The Labute approximate surface area is 197 Å². The Morgan fingerprint density at radius 2 is 1.79 bits per heavy atom. The van der Waals surface area contributed by atoms with Crippen LogP contribution >= 0.6 is 0 Å². The van der Waals surface area contributed by atoms with Crippen molar-refractivity contribution in [3.8, 4) is 0 Å². The number of carbonyl (C=O) groups is 1. The molecule has 0 unspecified atom stereocenters. The zero-order valence-corrected chi connectivity index (χ0v) is 20.4. The van der Waals surface area contributed by atoms with E-state index in [2.05, 4.69) is 16.6 Å². The van der Waals surface area contributed by atoms with Gasteiger partial charge in [0, 0.05) is 35.6 Å². The van der Waals surface area contributed by atoms with Gasteiger partial charge >= 0.3 is 5.97 Å². The van der Waals surface area contributed by atoms with Crippen molar-refractivity contribution < 1.29 is 22.9 Å². The molecule has 3 N–H and O–H groups in total. The first-order chi connectivity index (χ1) is 15.4. The van der Waals surface area contributed by atoms with Crippen molar-refractivity contribution in [3.63, 3.8) is 0 Å². The Kier molecular flexibility index (Phi) is 7.38. The molecule has 1 aliphatic heterocycles. The van der Waals surface area contributed by atoms with Gasteiger partial charge in [0.05, 0.1) is 9.80 Å². The summed E-state index contributed by atoms with van der Waals surface area (Å²) in [6.07, 6.45) is -0.232. The molecule has 0 radical (unpaired) electrons. The molecule has 1 aliphatic rings. The number of para-hydroxylation sites is 1. The van der Waals surface area contributed by atoms with Crippen molar-refractivity contribution in [2.45, 2.75) is 42.9 Å². The molecule has 176 valence electrons. The highest BCUT2D eigenvalue weighted by molar-refractivity contribution is 7.95. The second-order valence-electron chi connectivity index (χ2n) is 8.72. The number of hydrogen-bond donors (Lipinski definition) is 3. The molecule has 2 aromatic carbocycles. The van der Waals surface area contributed by atoms with E-state index >= 15 is 0 Å². The molecular formula is C24H28N2O5S2. The molecule has 7 nitrogen and oxygen atoms in total. The van der Waals surface area contributed by atoms with Crippen LogP contribution in [0.3, 0.4) is 0 Å². The summed E-state index contributed by atoms with van der Waals surface area (Å²) in [5, 5.41) is 12.9. The first-order valence-corrected chi connectivity index (χ1v) is 13.0. The van der Waals surface area contributed by atoms with Gasteiger partial charge in [0.25, 0.3) is 0 Å². The molecule has 9 heteroatoms. The quantitative estimate of drug-likeness (QED) is 0.484. The normalized spacial score (nSPS) is 17.0. The minimum atomic E-state index is -4.01. The molecule has 0 spiro atoms. The Balaban J connectivity index is 2.08. The Hall–Kier alpha value is -2.59. The molecule has 0 saturated heterocycles. The minimum Gasteiger partial charge on any atom is -0.598 e. The van der Waals surface area contributed by atoms with E-state index in [0.717, 1.165) is 11.3 Å². The van der Waals surface area contributed by atoms with Crippen molar-refractivity contribution in [2.24, 2.45) is 0 Å². The third-order valence-electron chi connectivity index (χ3n) is 5.18. The number of allylic oxidation sites excluding steroid dienone is 1. The average Bonchev–Trinajstić information content (AvgIpc) is 3.16. The molecule has 1 heterocycles. The molecule has 2 atom stereocenters. The SMILES string of the molecule is C=C(C[C@@H](N[S@+]([O-])C(C)(C)C)C(=O)O)/C(=C1\CNc2ccccc21)S(=O)(=O)c1ccccc1. The van der Waals surface area contributed by atoms with E-state index in [0.29, 0.717) is 5.57 Å². The molecule has 2 aromatic rings. The summed E-state index contributed by atoms with van der Waals surface area (Å²) in [7, 11) is -4.01. The number of aliphatic carboxylic acids is 1. The maximum Gasteiger partial charge on any atom is 0.325 e. The van der Waals surface area contributed by atoms with Gasteiger partial charge in [-0.05, 0) is 50.1 Å². The van der Waals surface area contributed by atoms with Gasteiger partial charge in [-0.1, -0.05) is 43.0 Å². The monoisotopic (exact) mass is 488 g/mol. The van der Waals surface area contributed by atoms with Gasteiger partial charge < -0.3 is 15.0 Å². The lowest BCUT2D eigenvalue weighted by atomic mass is 10.0. The standard InChI is InChI=1S/C24H28N2O5S2/c1-16(14-21(23(27)28)26-32(29)24(2,3)4)22(33(30,31)17-10-6-5-7-11-17)19-15-25-20-13-9-8-12-18(19)20/h5-13,21,25-26H,1,14-15H2,2-4H3,(H,27,28)/b22-19-/t21-,32-/m1/s1. The minimum absolute atomic E-state index is 0.0132. The topological polar surface area (TPSA) is 119 Å². The number of rotatable bonds is 8. The zero-order chi connectivity index (χ0) is 24.4. The number of carboxylic acid groups (broad SMARTS) is 1. The van der Waals surface area contributed by atoms with Gasteiger partial charge in [0.2, 0.25) is 9.84 Å². The fourth-order valence-corrected chi connectivity index (χ4v) is 6.01. The summed E-state index contributed by atoms with van der Waals surface area (Å²) >= 11 is -1.66. The molecule has 0 aromatic heterocycles. The van der Waals surface area contributed by atoms with Crippen molar-refractivity contribution in [3.05, 3.63) is 77.2 Å². The smallest absolute Gasteiger partial charge is 0.325 e. The van der Waals surface area contributed by atoms with Gasteiger partial charge in [0.1, 0.15) is 4.75 Å². The predicted octanol–water partition coefficient (Wildman–Crippen LogP) is 3.75. The number of hydrogen-bond acceptors (Lipinski definition) is 6. The lowest BCUT2D eigenvalue weighted by Gasteiger charge is -2.27. The van der Waals surface area contributed by atoms with Crippen LogP contribution in [-0.4, -0.2) is 41.4 Å². The third-order valence-corrected chi connectivity index (χ3v) is 8.76. The fraction of sp³-hybridized carbons (Fsp3) is 0.292. The van der Waals surface area contributed by atoms with Crippen LogP contribution in [-0.2, 0) is 26.0 Å². The van der Waals surface area contributed by atoms with Crippen molar-refractivity contribution in [1.29, 1.82) is 0 Å². The van der Waals surface area contributed by atoms with Crippen LogP contribution in [0.15, 0.2) is 76.5 Å². The van der Waals surface area contributed by atoms with E-state index in [4.69, 9.17) is 0 Å². The number of benzene rings is 2. The molecule has 0 saturated carbocycles. The number of anilines is 1. The Morgan fingerprint density at radius 3 is 2.39 bits per heavy atom. The van der Waals surface area contributed by atoms with E-state index in [9.17, 15) is 22.9 Å². The van der Waals surface area contributed by atoms with Gasteiger partial charge in [-0.3, -0.25) is 4.79 Å². The maximum absolute atomic E-state index is 13.7. The Morgan fingerprint density at radius 1 is 1.18 bits per heavy atom. The second-order valence-corrected chi connectivity index (χ2v) is 12.6. The largest absolute Gasteiger partial charge is 0.598 e. The Bertz CT molecular complexity index is 1180. The number of carboxylic acids is 1. The molecule has 33 heavy (non-hydrogen) atoms. The maximum atomic E-state index is 13.7. The van der Waals surface area contributed by atoms with Crippen molar-refractivity contribution in [1.82, 2.24) is 4.72 Å². The molecule has 0 amide bonds. The lowest BCUT2D eigenvalue weighted by Crippen LogP contribution is -2.48. The second kappa shape index (κ2) is 9.72. The summed E-state index contributed by atoms with van der Waals surface area (Å²) in [6.45, 7) is 9.41. The summed E-state index contributed by atoms with van der Waals surface area (Å²) in [4.78, 5) is 12.0. The summed E-state index contributed by atoms with van der Waals surface area (Å²) in [5.41, 5.74) is 2.19. The lowest BCUT2D eigenvalue weighted by molar-refractivity contribution is -0.138. The predicted molar refractivity (Wildman–Crippen MR) is 132 cm³/mol. The molecule has 0 aliphatic carbocycles. The highest BCUT2D eigenvalue weighted by Gasteiger charge is 2.36. The van der Waals surface area contributed by atoms with Crippen LogP contribution in [0.1, 0.15) is 32.8 Å². The summed E-state index contributed by atoms with van der Waals surface area (Å²) in [5.74, 6) is -1.24. The number of sulfone groups is 1. The first-order valence-electron chi connectivity index (χ1n) is 10.4. The van der Waals surface area contributed by atoms with Gasteiger partial charge in [0.15, 0.2) is 6.04 Å². The van der Waals surface area contributed by atoms with Crippen molar-refractivity contribution >= 4 is 38.4 Å². The van der Waals surface area contributed by atoms with Crippen molar-refractivity contribution in [2.75, 3.05) is 11.9 Å². The van der Waals surface area contributed by atoms with Crippen LogP contribution in [0.4, 0.5) is 5.69 Å². The molecule has 3 rings (SSSR count). The van der Waals surface area contributed by atoms with Crippen LogP contribution in [0.25, 0.3) is 5.57 Å². The number of nitrogens with one attached hydrogen (secondary N) is 2. The fourth-order valence-electron chi connectivity index (χ4n) is 3.49. The van der Waals surface area contributed by atoms with E-state index < -0.39 is 38.0 Å². The molecular weight excluding hydrogens is 460 g/mol.